The lowest BCUT2D eigenvalue weighted by Gasteiger charge is -2.40. The van der Waals surface area contributed by atoms with E-state index < -0.39 is 29.7 Å². The fourth-order valence-corrected chi connectivity index (χ4v) is 3.55. The van der Waals surface area contributed by atoms with Crippen LogP contribution in [0.4, 0.5) is 4.39 Å². The average molecular weight is 390 g/mol. The van der Waals surface area contributed by atoms with Crippen molar-refractivity contribution in [3.05, 3.63) is 35.6 Å². The van der Waals surface area contributed by atoms with Crippen molar-refractivity contribution >= 4 is 23.6 Å². The molecule has 0 saturated carbocycles. The number of carbonyl (C=O) groups is 4. The van der Waals surface area contributed by atoms with Crippen molar-refractivity contribution in [2.24, 2.45) is 0 Å². The topological polar surface area (TPSA) is 98.8 Å². The van der Waals surface area contributed by atoms with Gasteiger partial charge in [-0.15, -0.1) is 0 Å². The normalized spacial score (nSPS) is 22.4. The number of piperidine rings is 1. The first kappa shape index (κ1) is 19.8. The van der Waals surface area contributed by atoms with E-state index in [-0.39, 0.29) is 37.0 Å². The summed E-state index contributed by atoms with van der Waals surface area (Å²) in [6, 6.07) is 3.78. The molecule has 8 nitrogen and oxygen atoms in total. The molecular formula is C19H23FN4O4. The van der Waals surface area contributed by atoms with Crippen molar-refractivity contribution in [2.45, 2.75) is 31.8 Å². The molecule has 2 atom stereocenters. The van der Waals surface area contributed by atoms with Crippen LogP contribution in [0.1, 0.15) is 30.1 Å². The van der Waals surface area contributed by atoms with Gasteiger partial charge in [0, 0.05) is 32.1 Å². The third-order valence-electron chi connectivity index (χ3n) is 5.05. The highest BCUT2D eigenvalue weighted by Crippen LogP contribution is 2.16. The zero-order valence-electron chi connectivity index (χ0n) is 15.6. The molecule has 0 aliphatic carbocycles. The Kier molecular flexibility index (Phi) is 5.91. The first-order valence-corrected chi connectivity index (χ1v) is 9.27. The summed E-state index contributed by atoms with van der Waals surface area (Å²) in [4.78, 5) is 52.2. The first-order valence-electron chi connectivity index (χ1n) is 9.27. The van der Waals surface area contributed by atoms with E-state index in [0.717, 1.165) is 12.5 Å². The number of hydrogen-bond acceptors (Lipinski definition) is 4. The molecular weight excluding hydrogens is 367 g/mol. The lowest BCUT2D eigenvalue weighted by Crippen LogP contribution is -2.63. The van der Waals surface area contributed by atoms with E-state index >= 15 is 0 Å². The molecule has 3 rings (SSSR count). The third-order valence-corrected chi connectivity index (χ3v) is 5.05. The van der Waals surface area contributed by atoms with Crippen LogP contribution in [0, 0.1) is 5.82 Å². The van der Waals surface area contributed by atoms with Gasteiger partial charge >= 0.3 is 0 Å². The molecule has 2 aliphatic heterocycles. The SMILES string of the molecule is CC(=O)N1CCN(C(=O)c2cccc(F)c2)CC1C(=O)NC1CCCNC1=O. The van der Waals surface area contributed by atoms with Gasteiger partial charge in [0.25, 0.3) is 5.91 Å². The molecule has 2 unspecified atom stereocenters. The number of hydrogen-bond donors (Lipinski definition) is 2. The maximum absolute atomic E-state index is 13.4. The zero-order valence-corrected chi connectivity index (χ0v) is 15.6. The summed E-state index contributed by atoms with van der Waals surface area (Å²) in [5.74, 6) is -1.95. The molecule has 1 aromatic rings. The highest BCUT2D eigenvalue weighted by Gasteiger charge is 2.37. The first-order chi connectivity index (χ1) is 13.4. The quantitative estimate of drug-likeness (QED) is 0.753. The lowest BCUT2D eigenvalue weighted by atomic mass is 10.0. The van der Waals surface area contributed by atoms with Gasteiger partial charge in [-0.25, -0.2) is 4.39 Å². The van der Waals surface area contributed by atoms with Gasteiger partial charge in [0.1, 0.15) is 17.9 Å². The minimum atomic E-state index is -0.904. The fraction of sp³-hybridized carbons (Fsp3) is 0.474. The van der Waals surface area contributed by atoms with Gasteiger partial charge in [-0.1, -0.05) is 6.07 Å². The van der Waals surface area contributed by atoms with E-state index in [0.29, 0.717) is 13.0 Å². The van der Waals surface area contributed by atoms with Crippen LogP contribution < -0.4 is 10.6 Å². The Morgan fingerprint density at radius 1 is 1.25 bits per heavy atom. The summed E-state index contributed by atoms with van der Waals surface area (Å²) in [7, 11) is 0. The van der Waals surface area contributed by atoms with Gasteiger partial charge in [-0.2, -0.15) is 0 Å². The van der Waals surface area contributed by atoms with Gasteiger partial charge in [-0.05, 0) is 31.0 Å². The molecule has 0 radical (unpaired) electrons. The Hall–Kier alpha value is -2.97. The van der Waals surface area contributed by atoms with Crippen molar-refractivity contribution in [3.63, 3.8) is 0 Å². The maximum atomic E-state index is 13.4. The number of halogens is 1. The second-order valence-corrected chi connectivity index (χ2v) is 6.98. The molecule has 2 fully saturated rings. The van der Waals surface area contributed by atoms with E-state index in [1.165, 1.54) is 34.9 Å². The number of nitrogens with one attached hydrogen (secondary N) is 2. The van der Waals surface area contributed by atoms with Gasteiger partial charge in [0.2, 0.25) is 17.7 Å². The van der Waals surface area contributed by atoms with Crippen LogP contribution >= 0.6 is 0 Å². The standard InChI is InChI=1S/C19H23FN4O4/c1-12(25)24-9-8-23(19(28)13-4-2-5-14(20)10-13)11-16(24)18(27)22-15-6-3-7-21-17(15)26/h2,4-5,10,15-16H,3,6-9,11H2,1H3,(H,21,26)(H,22,27). The van der Waals surface area contributed by atoms with Crippen molar-refractivity contribution in [2.75, 3.05) is 26.2 Å². The van der Waals surface area contributed by atoms with E-state index in [9.17, 15) is 23.6 Å². The predicted octanol–water partition coefficient (Wildman–Crippen LogP) is -0.107. The third kappa shape index (κ3) is 4.29. The van der Waals surface area contributed by atoms with Crippen LogP contribution in [0.5, 0.6) is 0 Å². The van der Waals surface area contributed by atoms with Gasteiger partial charge in [-0.3, -0.25) is 19.2 Å². The van der Waals surface area contributed by atoms with Gasteiger partial charge in [0.05, 0.1) is 6.54 Å². The Balaban J connectivity index is 1.74. The Bertz CT molecular complexity index is 800. The number of benzene rings is 1. The van der Waals surface area contributed by atoms with Crippen LogP contribution in [0.25, 0.3) is 0 Å². The highest BCUT2D eigenvalue weighted by atomic mass is 19.1. The smallest absolute Gasteiger partial charge is 0.254 e. The van der Waals surface area contributed by atoms with Crippen molar-refractivity contribution in [3.8, 4) is 0 Å². The molecule has 2 N–H and O–H groups in total. The Morgan fingerprint density at radius 2 is 2.04 bits per heavy atom. The molecule has 1 aromatic carbocycles. The predicted molar refractivity (Wildman–Crippen MR) is 97.7 cm³/mol. The molecule has 2 saturated heterocycles. The number of carbonyl (C=O) groups excluding carboxylic acids is 4. The lowest BCUT2D eigenvalue weighted by molar-refractivity contribution is -0.143. The molecule has 28 heavy (non-hydrogen) atoms. The van der Waals surface area contributed by atoms with Crippen LogP contribution in [-0.2, 0) is 14.4 Å². The molecule has 0 aromatic heterocycles. The summed E-state index contributed by atoms with van der Waals surface area (Å²) in [6.07, 6.45) is 1.28. The maximum Gasteiger partial charge on any atom is 0.254 e. The minimum Gasteiger partial charge on any atom is -0.354 e. The number of piperazine rings is 1. The summed E-state index contributed by atoms with van der Waals surface area (Å²) < 4.78 is 13.4. The molecule has 0 spiro atoms. The summed E-state index contributed by atoms with van der Waals surface area (Å²) >= 11 is 0. The molecule has 4 amide bonds. The highest BCUT2D eigenvalue weighted by molar-refractivity contribution is 5.96. The Labute approximate surface area is 162 Å². The van der Waals surface area contributed by atoms with E-state index in [2.05, 4.69) is 10.6 Å². The summed E-state index contributed by atoms with van der Waals surface area (Å²) in [6.45, 7) is 2.34. The van der Waals surface area contributed by atoms with Crippen molar-refractivity contribution in [1.29, 1.82) is 0 Å². The largest absolute Gasteiger partial charge is 0.354 e. The summed E-state index contributed by atoms with van der Waals surface area (Å²) in [5, 5.41) is 5.38. The van der Waals surface area contributed by atoms with Gasteiger partial charge in [0.15, 0.2) is 0 Å². The van der Waals surface area contributed by atoms with Crippen molar-refractivity contribution in [1.82, 2.24) is 20.4 Å². The van der Waals surface area contributed by atoms with E-state index in [4.69, 9.17) is 0 Å². The molecule has 2 heterocycles. The van der Waals surface area contributed by atoms with Crippen LogP contribution in [-0.4, -0.2) is 71.7 Å². The Morgan fingerprint density at radius 3 is 2.71 bits per heavy atom. The zero-order chi connectivity index (χ0) is 20.3. The molecule has 0 bridgehead atoms. The van der Waals surface area contributed by atoms with Crippen LogP contribution in [0.15, 0.2) is 24.3 Å². The minimum absolute atomic E-state index is 0.0188. The van der Waals surface area contributed by atoms with Gasteiger partial charge < -0.3 is 20.4 Å². The van der Waals surface area contributed by atoms with Crippen molar-refractivity contribution < 1.29 is 23.6 Å². The van der Waals surface area contributed by atoms with Crippen LogP contribution in [0.3, 0.4) is 0 Å². The number of amides is 4. The molecule has 9 heteroatoms. The molecule has 150 valence electrons. The number of nitrogens with zero attached hydrogens (tertiary/aromatic N) is 2. The monoisotopic (exact) mass is 390 g/mol. The van der Waals surface area contributed by atoms with Crippen LogP contribution in [0.2, 0.25) is 0 Å². The second-order valence-electron chi connectivity index (χ2n) is 6.98. The average Bonchev–Trinajstić information content (AvgIpc) is 2.68. The number of rotatable bonds is 3. The van der Waals surface area contributed by atoms with E-state index in [1.807, 2.05) is 0 Å². The fourth-order valence-electron chi connectivity index (χ4n) is 3.55. The summed E-state index contributed by atoms with van der Waals surface area (Å²) in [5.41, 5.74) is 0.182. The second kappa shape index (κ2) is 8.37. The molecule has 2 aliphatic rings. The van der Waals surface area contributed by atoms with E-state index in [1.54, 1.807) is 0 Å².